The quantitative estimate of drug-likeness (QED) is 0.125. The lowest BCUT2D eigenvalue weighted by Crippen LogP contribution is -2.18. The number of hydrogen-bond acceptors (Lipinski definition) is 10. The molecule has 46 heavy (non-hydrogen) atoms. The lowest BCUT2D eigenvalue weighted by Gasteiger charge is -2.22. The van der Waals surface area contributed by atoms with Gasteiger partial charge < -0.3 is 24.3 Å². The fourth-order valence-electron chi connectivity index (χ4n) is 4.23. The molecule has 236 valence electrons. The van der Waals surface area contributed by atoms with Crippen molar-refractivity contribution in [1.29, 1.82) is 0 Å². The van der Waals surface area contributed by atoms with Crippen molar-refractivity contribution in [2.24, 2.45) is 0 Å². The predicted octanol–water partition coefficient (Wildman–Crippen LogP) is 7.24. The molecule has 0 unspecified atom stereocenters. The standard InChI is InChI=1S/C33H30N4O7S2/c1-4-42-28-21-27(32(38)36-22-10-6-5-7-11-22)30(44-33-34-18-9-19-35-33)29(31(28)43-24-13-8-12-23(20-24)41-2)37-46(39,40)26-16-14-25(45-3)15-17-26/h5-21,37H,4H2,1-3H3,(H,36,38). The Kier molecular flexibility index (Phi) is 10.2. The van der Waals surface area contributed by atoms with Crippen molar-refractivity contribution in [2.75, 3.05) is 30.0 Å². The number of nitrogens with zero attached hydrogens (tertiary/aromatic N) is 2. The summed E-state index contributed by atoms with van der Waals surface area (Å²) in [7, 11) is -2.77. The van der Waals surface area contributed by atoms with Crippen LogP contribution in [0.25, 0.3) is 0 Å². The summed E-state index contributed by atoms with van der Waals surface area (Å²) in [6.07, 6.45) is 4.79. The number of carbonyl (C=O) groups excluding carboxylic acids is 1. The van der Waals surface area contributed by atoms with Gasteiger partial charge in [-0.25, -0.2) is 18.4 Å². The van der Waals surface area contributed by atoms with Crippen LogP contribution in [0.5, 0.6) is 34.8 Å². The van der Waals surface area contributed by atoms with Crippen LogP contribution in [-0.4, -0.2) is 44.3 Å². The van der Waals surface area contributed by atoms with Gasteiger partial charge in [0.25, 0.3) is 15.9 Å². The monoisotopic (exact) mass is 658 g/mol. The molecule has 2 N–H and O–H groups in total. The van der Waals surface area contributed by atoms with Crippen LogP contribution >= 0.6 is 11.8 Å². The average Bonchev–Trinajstić information content (AvgIpc) is 3.08. The smallest absolute Gasteiger partial charge is 0.321 e. The van der Waals surface area contributed by atoms with Crippen LogP contribution in [0.15, 0.2) is 113 Å². The Morgan fingerprint density at radius 2 is 1.57 bits per heavy atom. The highest BCUT2D eigenvalue weighted by atomic mass is 32.2. The molecular weight excluding hydrogens is 629 g/mol. The SMILES string of the molecule is CCOc1cc(C(=O)Nc2ccccc2)c(Oc2ncccn2)c(NS(=O)(=O)c2ccc(SC)cc2)c1Oc1cccc(OC)c1. The Balaban J connectivity index is 1.75. The summed E-state index contributed by atoms with van der Waals surface area (Å²) < 4.78 is 54.2. The molecule has 5 rings (SSSR count). The first-order valence-corrected chi connectivity index (χ1v) is 16.7. The van der Waals surface area contributed by atoms with E-state index in [0.717, 1.165) is 4.90 Å². The van der Waals surface area contributed by atoms with E-state index in [9.17, 15) is 13.2 Å². The molecule has 0 atom stereocenters. The van der Waals surface area contributed by atoms with Crippen molar-refractivity contribution in [2.45, 2.75) is 16.7 Å². The summed E-state index contributed by atoms with van der Waals surface area (Å²) in [5.41, 5.74) is 0.210. The molecule has 0 saturated carbocycles. The number of aromatic nitrogens is 2. The minimum atomic E-state index is -4.29. The van der Waals surface area contributed by atoms with Crippen LogP contribution in [0.1, 0.15) is 17.3 Å². The number of nitrogens with one attached hydrogen (secondary N) is 2. The molecule has 0 spiro atoms. The number of amides is 1. The minimum Gasteiger partial charge on any atom is -0.497 e. The van der Waals surface area contributed by atoms with E-state index in [1.54, 1.807) is 73.7 Å². The Hall–Kier alpha value is -5.27. The molecule has 5 aromatic rings. The molecule has 4 aromatic carbocycles. The maximum Gasteiger partial charge on any atom is 0.321 e. The third-order valence-electron chi connectivity index (χ3n) is 6.38. The van der Waals surface area contributed by atoms with Gasteiger partial charge in [-0.15, -0.1) is 11.8 Å². The summed E-state index contributed by atoms with van der Waals surface area (Å²) in [5.74, 6) is -0.0315. The minimum absolute atomic E-state index is 0.0309. The van der Waals surface area contributed by atoms with E-state index >= 15 is 0 Å². The maximum absolute atomic E-state index is 13.9. The molecule has 1 heterocycles. The van der Waals surface area contributed by atoms with E-state index in [1.165, 1.54) is 49.5 Å². The van der Waals surface area contributed by atoms with Gasteiger partial charge in [0.2, 0.25) is 0 Å². The molecule has 11 nitrogen and oxygen atoms in total. The van der Waals surface area contributed by atoms with Crippen molar-refractivity contribution >= 4 is 39.1 Å². The maximum atomic E-state index is 13.9. The lowest BCUT2D eigenvalue weighted by atomic mass is 10.1. The topological polar surface area (TPSA) is 138 Å². The van der Waals surface area contributed by atoms with E-state index in [4.69, 9.17) is 18.9 Å². The fraction of sp³-hybridized carbons (Fsp3) is 0.121. The third-order valence-corrected chi connectivity index (χ3v) is 8.49. The Morgan fingerprint density at radius 1 is 0.848 bits per heavy atom. The molecule has 0 radical (unpaired) electrons. The second-order valence-electron chi connectivity index (χ2n) is 9.40. The van der Waals surface area contributed by atoms with Crippen LogP contribution in [0.3, 0.4) is 0 Å². The van der Waals surface area contributed by atoms with Gasteiger partial charge in [-0.3, -0.25) is 9.52 Å². The molecule has 13 heteroatoms. The summed E-state index contributed by atoms with van der Waals surface area (Å²) in [6, 6.07) is 24.7. The van der Waals surface area contributed by atoms with E-state index in [-0.39, 0.29) is 46.0 Å². The number of methoxy groups -OCH3 is 1. The van der Waals surface area contributed by atoms with E-state index in [1.807, 2.05) is 12.3 Å². The van der Waals surface area contributed by atoms with Gasteiger partial charge in [0.05, 0.1) is 24.2 Å². The third kappa shape index (κ3) is 7.68. The van der Waals surface area contributed by atoms with Gasteiger partial charge in [-0.1, -0.05) is 24.3 Å². The Morgan fingerprint density at radius 3 is 2.24 bits per heavy atom. The highest BCUT2D eigenvalue weighted by molar-refractivity contribution is 7.98. The number of carbonyl (C=O) groups is 1. The zero-order valence-corrected chi connectivity index (χ0v) is 26.7. The molecule has 0 fully saturated rings. The van der Waals surface area contributed by atoms with Gasteiger partial charge >= 0.3 is 6.01 Å². The number of para-hydroxylation sites is 1. The highest BCUT2D eigenvalue weighted by Crippen LogP contribution is 2.49. The van der Waals surface area contributed by atoms with Crippen molar-refractivity contribution in [1.82, 2.24) is 9.97 Å². The first-order chi connectivity index (χ1) is 22.3. The summed E-state index contributed by atoms with van der Waals surface area (Å²) >= 11 is 1.48. The van der Waals surface area contributed by atoms with Gasteiger partial charge in [0, 0.05) is 35.1 Å². The number of sulfonamides is 1. The second kappa shape index (κ2) is 14.7. The normalized spacial score (nSPS) is 10.9. The second-order valence-corrected chi connectivity index (χ2v) is 12.0. The molecule has 0 aliphatic heterocycles. The van der Waals surface area contributed by atoms with E-state index < -0.39 is 15.9 Å². The number of anilines is 2. The van der Waals surface area contributed by atoms with Crippen LogP contribution < -0.4 is 29.0 Å². The number of hydrogen-bond donors (Lipinski definition) is 2. The highest BCUT2D eigenvalue weighted by Gasteiger charge is 2.30. The van der Waals surface area contributed by atoms with Crippen LogP contribution in [0.4, 0.5) is 11.4 Å². The first-order valence-electron chi connectivity index (χ1n) is 13.9. The van der Waals surface area contributed by atoms with Gasteiger partial charge in [0.1, 0.15) is 17.2 Å². The van der Waals surface area contributed by atoms with Crippen LogP contribution in [-0.2, 0) is 10.0 Å². The largest absolute Gasteiger partial charge is 0.497 e. The first kappa shape index (κ1) is 32.1. The molecule has 0 bridgehead atoms. The van der Waals surface area contributed by atoms with Crippen molar-refractivity contribution in [3.63, 3.8) is 0 Å². The lowest BCUT2D eigenvalue weighted by molar-refractivity contribution is 0.102. The zero-order chi connectivity index (χ0) is 32.5. The van der Waals surface area contributed by atoms with Gasteiger partial charge in [0.15, 0.2) is 17.2 Å². The zero-order valence-electron chi connectivity index (χ0n) is 25.1. The molecule has 0 aliphatic rings. The molecular formula is C33H30N4O7S2. The van der Waals surface area contributed by atoms with Gasteiger partial charge in [-0.05, 0) is 67.8 Å². The molecule has 0 saturated heterocycles. The summed E-state index contributed by atoms with van der Waals surface area (Å²) in [5, 5.41) is 2.82. The van der Waals surface area contributed by atoms with Crippen LogP contribution in [0, 0.1) is 0 Å². The number of rotatable bonds is 13. The number of ether oxygens (including phenoxy) is 4. The van der Waals surface area contributed by atoms with Crippen molar-refractivity contribution < 1.29 is 32.2 Å². The number of benzene rings is 4. The fourth-order valence-corrected chi connectivity index (χ4v) is 5.71. The molecule has 0 aliphatic carbocycles. The Labute approximate surface area is 271 Å². The Bertz CT molecular complexity index is 1910. The van der Waals surface area contributed by atoms with Gasteiger partial charge in [-0.2, -0.15) is 0 Å². The van der Waals surface area contributed by atoms with Crippen LogP contribution in [0.2, 0.25) is 0 Å². The molecule has 1 aromatic heterocycles. The van der Waals surface area contributed by atoms with E-state index in [2.05, 4.69) is 20.0 Å². The average molecular weight is 659 g/mol. The summed E-state index contributed by atoms with van der Waals surface area (Å²) in [6.45, 7) is 1.91. The molecule has 1 amide bonds. The predicted molar refractivity (Wildman–Crippen MR) is 176 cm³/mol. The van der Waals surface area contributed by atoms with Crippen molar-refractivity contribution in [3.8, 4) is 34.8 Å². The van der Waals surface area contributed by atoms with E-state index in [0.29, 0.717) is 17.2 Å². The van der Waals surface area contributed by atoms with Crippen molar-refractivity contribution in [3.05, 3.63) is 109 Å². The summed E-state index contributed by atoms with van der Waals surface area (Å²) in [4.78, 5) is 23.0. The number of thioether (sulfide) groups is 1.